The number of nitrogens with one attached hydrogen (secondary N) is 2. The van der Waals surface area contributed by atoms with Crippen molar-refractivity contribution in [1.82, 2.24) is 10.3 Å². The number of hydrogen-bond donors (Lipinski definition) is 2. The zero-order valence-corrected chi connectivity index (χ0v) is 18.7. The van der Waals surface area contributed by atoms with Crippen LogP contribution in [0.3, 0.4) is 0 Å². The largest absolute Gasteiger partial charge is 0.340 e. The summed E-state index contributed by atoms with van der Waals surface area (Å²) in [6, 6.07) is 16.6. The number of aromatic nitrogens is 1. The van der Waals surface area contributed by atoms with Gasteiger partial charge in [0.05, 0.1) is 0 Å². The zero-order chi connectivity index (χ0) is 22.6. The molecule has 1 heterocycles. The van der Waals surface area contributed by atoms with E-state index < -0.39 is 23.7 Å². The Morgan fingerprint density at radius 1 is 1.03 bits per heavy atom. The van der Waals surface area contributed by atoms with Crippen molar-refractivity contribution in [2.75, 3.05) is 5.32 Å². The maximum absolute atomic E-state index is 13.1. The Hall–Kier alpha value is -2.90. The van der Waals surface area contributed by atoms with E-state index in [1.165, 1.54) is 24.3 Å². The lowest BCUT2D eigenvalue weighted by Gasteiger charge is -2.18. The molecule has 2 amide bonds. The number of pyridine rings is 1. The summed E-state index contributed by atoms with van der Waals surface area (Å²) < 4.78 is 13.1. The van der Waals surface area contributed by atoms with Gasteiger partial charge in [-0.1, -0.05) is 19.9 Å². The number of halogens is 2. The minimum Gasteiger partial charge on any atom is -0.340 e. The molecule has 8 heteroatoms. The van der Waals surface area contributed by atoms with E-state index in [0.717, 1.165) is 15.9 Å². The van der Waals surface area contributed by atoms with Crippen LogP contribution in [0.2, 0.25) is 0 Å². The molecule has 1 atom stereocenters. The molecule has 0 saturated heterocycles. The third kappa shape index (κ3) is 7.70. The van der Waals surface area contributed by atoms with Crippen LogP contribution < -0.4 is 10.6 Å². The summed E-state index contributed by atoms with van der Waals surface area (Å²) >= 11 is 0. The van der Waals surface area contributed by atoms with Gasteiger partial charge in [-0.3, -0.25) is 14.6 Å². The molecule has 162 valence electrons. The molecule has 0 bridgehead atoms. The first-order chi connectivity index (χ1) is 15.0. The topological polar surface area (TPSA) is 71.1 Å². The van der Waals surface area contributed by atoms with E-state index in [-0.39, 0.29) is 12.0 Å². The van der Waals surface area contributed by atoms with Crippen molar-refractivity contribution in [3.8, 4) is 0 Å². The number of nitrogens with zero attached hydrogens (tertiary/aromatic N) is 1. The second-order valence-corrected chi connectivity index (χ2v) is 7.24. The van der Waals surface area contributed by atoms with E-state index in [1.807, 2.05) is 19.9 Å². The zero-order valence-electron chi connectivity index (χ0n) is 17.1. The smallest absolute Gasteiger partial charge is 0.251 e. The van der Waals surface area contributed by atoms with E-state index in [4.69, 9.17) is 10.7 Å². The van der Waals surface area contributed by atoms with Gasteiger partial charge in [0.15, 0.2) is 0 Å². The third-order valence-corrected chi connectivity index (χ3v) is 5.06. The predicted molar refractivity (Wildman–Crippen MR) is 124 cm³/mol. The predicted octanol–water partition coefficient (Wildman–Crippen LogP) is 5.47. The van der Waals surface area contributed by atoms with E-state index in [9.17, 15) is 14.0 Å². The molecule has 0 fully saturated rings. The molecule has 1 unspecified atom stereocenters. The maximum Gasteiger partial charge on any atom is 0.251 e. The molecular weight excluding hydrogens is 437 g/mol. The fourth-order valence-corrected chi connectivity index (χ4v) is 3.15. The van der Waals surface area contributed by atoms with Gasteiger partial charge in [0.1, 0.15) is 11.9 Å². The first-order valence-electron chi connectivity index (χ1n) is 9.71. The van der Waals surface area contributed by atoms with Gasteiger partial charge in [-0.2, -0.15) is 0 Å². The molecule has 0 radical (unpaired) electrons. The fraction of sp³-hybridized carbons (Fsp3) is 0.174. The molecule has 3 aromatic rings. The number of anilines is 1. The number of amides is 2. The molecule has 31 heavy (non-hydrogen) atoms. The van der Waals surface area contributed by atoms with Crippen LogP contribution in [0.4, 0.5) is 10.1 Å². The molecule has 0 saturated carbocycles. The van der Waals surface area contributed by atoms with Crippen LogP contribution in [0.25, 0.3) is 0 Å². The molecule has 0 aliphatic carbocycles. The lowest BCUT2D eigenvalue weighted by atomic mass is 10.1. The van der Waals surface area contributed by atoms with Gasteiger partial charge >= 0.3 is 0 Å². The highest BCUT2D eigenvalue weighted by molar-refractivity contribution is 8.21. The van der Waals surface area contributed by atoms with Crippen molar-refractivity contribution < 1.29 is 14.0 Å². The van der Waals surface area contributed by atoms with Crippen molar-refractivity contribution >= 4 is 39.2 Å². The molecule has 0 aliphatic rings. The maximum atomic E-state index is 13.1. The van der Waals surface area contributed by atoms with Gasteiger partial charge in [-0.15, -0.1) is 0 Å². The number of carbonyl (C=O) groups excluding carboxylic acids is 2. The molecule has 0 aliphatic heterocycles. The Morgan fingerprint density at radius 3 is 2.29 bits per heavy atom. The standard InChI is InChI=1S/C21H17ClFN3O2S.C2H6/c22-29-18-10-8-16(9-11-18)25-21(28)19(13-17-3-1-2-12-24-17)26-20(27)14-4-6-15(23)7-5-14;1-2/h1-12,19H,13H2,(H,25,28)(H,26,27);1-2H3. The Morgan fingerprint density at radius 2 is 1.71 bits per heavy atom. The summed E-state index contributed by atoms with van der Waals surface area (Å²) in [5, 5.41) is 5.49. The first kappa shape index (κ1) is 24.4. The van der Waals surface area contributed by atoms with Gasteiger partial charge in [0, 0.05) is 34.5 Å². The quantitative estimate of drug-likeness (QED) is 0.491. The van der Waals surface area contributed by atoms with E-state index in [2.05, 4.69) is 15.6 Å². The van der Waals surface area contributed by atoms with E-state index in [1.54, 1.807) is 42.6 Å². The molecule has 3 rings (SSSR count). The molecule has 2 aromatic carbocycles. The van der Waals surface area contributed by atoms with Crippen molar-refractivity contribution in [3.05, 3.63) is 90.0 Å². The van der Waals surface area contributed by atoms with Crippen LogP contribution in [0.5, 0.6) is 0 Å². The molecule has 5 nitrogen and oxygen atoms in total. The van der Waals surface area contributed by atoms with E-state index >= 15 is 0 Å². The molecule has 2 N–H and O–H groups in total. The summed E-state index contributed by atoms with van der Waals surface area (Å²) in [5.74, 6) is -1.31. The van der Waals surface area contributed by atoms with E-state index in [0.29, 0.717) is 11.4 Å². The molecular formula is C23H23ClFN3O2S. The average molecular weight is 460 g/mol. The second kappa shape index (κ2) is 12.7. The lowest BCUT2D eigenvalue weighted by molar-refractivity contribution is -0.118. The third-order valence-electron chi connectivity index (χ3n) is 4.08. The van der Waals surface area contributed by atoms with Crippen LogP contribution in [0.1, 0.15) is 29.9 Å². The Kier molecular flexibility index (Phi) is 10.00. The van der Waals surface area contributed by atoms with Crippen LogP contribution in [-0.2, 0) is 11.2 Å². The summed E-state index contributed by atoms with van der Waals surface area (Å²) in [4.78, 5) is 30.5. The Labute approximate surface area is 189 Å². The first-order valence-corrected chi connectivity index (χ1v) is 11.4. The minimum atomic E-state index is -0.871. The summed E-state index contributed by atoms with van der Waals surface area (Å²) in [5.41, 5.74) is 1.49. The van der Waals surface area contributed by atoms with Gasteiger partial charge in [0.25, 0.3) is 5.91 Å². The molecule has 1 aromatic heterocycles. The summed E-state index contributed by atoms with van der Waals surface area (Å²) in [6.45, 7) is 4.00. The van der Waals surface area contributed by atoms with Gasteiger partial charge < -0.3 is 10.6 Å². The average Bonchev–Trinajstić information content (AvgIpc) is 2.81. The monoisotopic (exact) mass is 459 g/mol. The highest BCUT2D eigenvalue weighted by atomic mass is 35.7. The minimum absolute atomic E-state index is 0.204. The number of hydrogen-bond acceptors (Lipinski definition) is 4. The normalized spacial score (nSPS) is 11.0. The molecule has 0 spiro atoms. The van der Waals surface area contributed by atoms with Crippen LogP contribution >= 0.6 is 21.7 Å². The van der Waals surface area contributed by atoms with Gasteiger partial charge in [0.2, 0.25) is 5.91 Å². The van der Waals surface area contributed by atoms with Crippen molar-refractivity contribution in [1.29, 1.82) is 0 Å². The second-order valence-electron chi connectivity index (χ2n) is 6.15. The Bertz CT molecular complexity index is 970. The SMILES string of the molecule is CC.O=C(NC(Cc1ccccn1)C(=O)Nc1ccc(SCl)cc1)c1ccc(F)cc1. The lowest BCUT2D eigenvalue weighted by Crippen LogP contribution is -2.45. The highest BCUT2D eigenvalue weighted by Gasteiger charge is 2.22. The number of benzene rings is 2. The summed E-state index contributed by atoms with van der Waals surface area (Å²) in [7, 11) is 6.78. The fourth-order valence-electron chi connectivity index (χ4n) is 2.60. The summed E-state index contributed by atoms with van der Waals surface area (Å²) in [6.07, 6.45) is 1.82. The van der Waals surface area contributed by atoms with Crippen LogP contribution in [0, 0.1) is 5.82 Å². The Balaban J connectivity index is 0.00000166. The van der Waals surface area contributed by atoms with Crippen molar-refractivity contribution in [2.45, 2.75) is 31.2 Å². The van der Waals surface area contributed by atoms with Gasteiger partial charge in [-0.05, 0) is 82.3 Å². The van der Waals surface area contributed by atoms with Crippen molar-refractivity contribution in [2.24, 2.45) is 0 Å². The van der Waals surface area contributed by atoms with Crippen LogP contribution in [0.15, 0.2) is 77.8 Å². The number of carbonyl (C=O) groups is 2. The highest BCUT2D eigenvalue weighted by Crippen LogP contribution is 2.23. The van der Waals surface area contributed by atoms with Crippen LogP contribution in [-0.4, -0.2) is 22.8 Å². The van der Waals surface area contributed by atoms with Crippen molar-refractivity contribution in [3.63, 3.8) is 0 Å². The van der Waals surface area contributed by atoms with Gasteiger partial charge in [-0.25, -0.2) is 4.39 Å². The number of rotatable bonds is 7.